The number of hydrogen-bond donors (Lipinski definition) is 1. The predicted molar refractivity (Wildman–Crippen MR) is 70.5 cm³/mol. The van der Waals surface area contributed by atoms with Crippen molar-refractivity contribution in [3.05, 3.63) is 35.5 Å². The van der Waals surface area contributed by atoms with Gasteiger partial charge in [0.1, 0.15) is 6.10 Å². The van der Waals surface area contributed by atoms with Crippen LogP contribution in [0.5, 0.6) is 0 Å². The van der Waals surface area contributed by atoms with E-state index in [-0.39, 0.29) is 23.6 Å². The first kappa shape index (κ1) is 13.6. The Morgan fingerprint density at radius 2 is 2.26 bits per heavy atom. The monoisotopic (exact) mass is 262 g/mol. The quantitative estimate of drug-likeness (QED) is 0.472. The number of esters is 1. The number of fused-ring (bicyclic) bond motifs is 1. The van der Waals surface area contributed by atoms with Gasteiger partial charge in [-0.25, -0.2) is 9.59 Å². The van der Waals surface area contributed by atoms with Crippen LogP contribution in [0.3, 0.4) is 0 Å². The minimum Gasteiger partial charge on any atom is -0.478 e. The predicted octanol–water partition coefficient (Wildman–Crippen LogP) is 2.62. The Hall–Kier alpha value is -1.84. The molecule has 0 saturated carbocycles. The molecule has 0 aromatic rings. The Labute approximate surface area is 112 Å². The van der Waals surface area contributed by atoms with E-state index in [2.05, 4.69) is 6.58 Å². The van der Waals surface area contributed by atoms with Crippen LogP contribution < -0.4 is 0 Å². The van der Waals surface area contributed by atoms with E-state index in [1.807, 2.05) is 19.1 Å². The molecule has 1 aliphatic heterocycles. The molecule has 1 aliphatic carbocycles. The lowest BCUT2D eigenvalue weighted by Crippen LogP contribution is -2.12. The Bertz CT molecular complexity index is 484. The van der Waals surface area contributed by atoms with Gasteiger partial charge < -0.3 is 9.84 Å². The number of carbonyl (C=O) groups is 2. The molecule has 0 fully saturated rings. The molecule has 0 radical (unpaired) electrons. The van der Waals surface area contributed by atoms with E-state index in [4.69, 9.17) is 9.84 Å². The molecule has 1 N–H and O–H groups in total. The first-order chi connectivity index (χ1) is 8.97. The van der Waals surface area contributed by atoms with Crippen molar-refractivity contribution < 1.29 is 19.4 Å². The topological polar surface area (TPSA) is 63.6 Å². The van der Waals surface area contributed by atoms with Crippen LogP contribution in [0.2, 0.25) is 0 Å². The van der Waals surface area contributed by atoms with Gasteiger partial charge in [-0.3, -0.25) is 0 Å². The summed E-state index contributed by atoms with van der Waals surface area (Å²) in [4.78, 5) is 22.7. The SMILES string of the molecule is C=C(C(=O)O)C1C/C=C(\C)C[C@@H]2C=C(CC1)C(=O)O2. The molecule has 102 valence electrons. The van der Waals surface area contributed by atoms with Crippen molar-refractivity contribution in [2.75, 3.05) is 0 Å². The van der Waals surface area contributed by atoms with Gasteiger partial charge in [0, 0.05) is 17.6 Å². The Morgan fingerprint density at radius 3 is 2.95 bits per heavy atom. The standard InChI is InChI=1S/C15H18O4/c1-9-3-4-11(10(2)14(16)17)5-6-12-8-13(7-9)19-15(12)18/h3,8,11,13H,2,4-7H2,1H3,(H,16,17)/b9-3+/t11?,13-/m1/s1. The fraction of sp³-hybridized carbons (Fsp3) is 0.467. The van der Waals surface area contributed by atoms with Crippen molar-refractivity contribution in [3.63, 3.8) is 0 Å². The zero-order chi connectivity index (χ0) is 14.0. The van der Waals surface area contributed by atoms with Crippen LogP contribution in [-0.2, 0) is 14.3 Å². The van der Waals surface area contributed by atoms with Crippen LogP contribution in [0.15, 0.2) is 35.5 Å². The van der Waals surface area contributed by atoms with Crippen molar-refractivity contribution in [3.8, 4) is 0 Å². The van der Waals surface area contributed by atoms with E-state index in [1.54, 1.807) is 0 Å². The van der Waals surface area contributed by atoms with Crippen molar-refractivity contribution in [1.29, 1.82) is 0 Å². The number of ether oxygens (including phenoxy) is 1. The minimum absolute atomic E-state index is 0.127. The van der Waals surface area contributed by atoms with Crippen LogP contribution in [0.4, 0.5) is 0 Å². The molecule has 0 aromatic carbocycles. The maximum atomic E-state index is 11.7. The van der Waals surface area contributed by atoms with E-state index < -0.39 is 5.97 Å². The zero-order valence-electron chi connectivity index (χ0n) is 11.0. The lowest BCUT2D eigenvalue weighted by Gasteiger charge is -2.16. The molecule has 0 aromatic heterocycles. The highest BCUT2D eigenvalue weighted by molar-refractivity contribution is 5.91. The molecule has 2 rings (SSSR count). The molecule has 0 amide bonds. The van der Waals surface area contributed by atoms with E-state index in [9.17, 15) is 9.59 Å². The second kappa shape index (κ2) is 5.43. The van der Waals surface area contributed by atoms with Crippen LogP contribution in [-0.4, -0.2) is 23.1 Å². The second-order valence-corrected chi connectivity index (χ2v) is 5.19. The summed E-state index contributed by atoms with van der Waals surface area (Å²) in [6.45, 7) is 5.62. The first-order valence-electron chi connectivity index (χ1n) is 6.46. The highest BCUT2D eigenvalue weighted by atomic mass is 16.5. The molecule has 1 unspecified atom stereocenters. The molecular weight excluding hydrogens is 244 g/mol. The largest absolute Gasteiger partial charge is 0.478 e. The van der Waals surface area contributed by atoms with Gasteiger partial charge in [0.2, 0.25) is 0 Å². The van der Waals surface area contributed by atoms with Crippen LogP contribution in [0.1, 0.15) is 32.6 Å². The molecule has 0 spiro atoms. The summed E-state index contributed by atoms with van der Waals surface area (Å²) in [5.74, 6) is -1.35. The summed E-state index contributed by atoms with van der Waals surface area (Å²) in [6, 6.07) is 0. The van der Waals surface area contributed by atoms with Gasteiger partial charge in [0.25, 0.3) is 0 Å². The van der Waals surface area contributed by atoms with Crippen molar-refractivity contribution in [2.24, 2.45) is 5.92 Å². The fourth-order valence-electron chi connectivity index (χ4n) is 2.51. The van der Waals surface area contributed by atoms with E-state index >= 15 is 0 Å². The van der Waals surface area contributed by atoms with Crippen molar-refractivity contribution in [1.82, 2.24) is 0 Å². The van der Waals surface area contributed by atoms with Crippen LogP contribution >= 0.6 is 0 Å². The number of aliphatic carboxylic acids is 1. The Balaban J connectivity index is 2.19. The normalized spacial score (nSPS) is 29.8. The van der Waals surface area contributed by atoms with E-state index in [0.717, 1.165) is 5.57 Å². The molecule has 2 atom stereocenters. The average Bonchev–Trinajstić information content (AvgIpc) is 2.67. The molecule has 2 aliphatic rings. The number of rotatable bonds is 2. The van der Waals surface area contributed by atoms with Gasteiger partial charge in [0.15, 0.2) is 0 Å². The Kier molecular flexibility index (Phi) is 3.88. The third kappa shape index (κ3) is 3.13. The third-order valence-corrected chi connectivity index (χ3v) is 3.71. The van der Waals surface area contributed by atoms with Gasteiger partial charge in [0.05, 0.1) is 0 Å². The van der Waals surface area contributed by atoms with Gasteiger partial charge in [-0.1, -0.05) is 18.2 Å². The number of hydrogen-bond acceptors (Lipinski definition) is 3. The summed E-state index contributed by atoms with van der Waals surface area (Å²) in [6.07, 6.45) is 6.25. The number of allylic oxidation sites excluding steroid dienone is 1. The van der Waals surface area contributed by atoms with Crippen LogP contribution in [0, 0.1) is 5.92 Å². The van der Waals surface area contributed by atoms with E-state index in [1.165, 1.54) is 0 Å². The molecular formula is C15H18O4. The zero-order valence-corrected chi connectivity index (χ0v) is 11.0. The van der Waals surface area contributed by atoms with Crippen molar-refractivity contribution >= 4 is 11.9 Å². The second-order valence-electron chi connectivity index (χ2n) is 5.19. The molecule has 4 heteroatoms. The summed E-state index contributed by atoms with van der Waals surface area (Å²) in [7, 11) is 0. The lowest BCUT2D eigenvalue weighted by atomic mass is 9.88. The first-order valence-corrected chi connectivity index (χ1v) is 6.46. The summed E-state index contributed by atoms with van der Waals surface area (Å²) in [5, 5.41) is 9.05. The molecule has 4 nitrogen and oxygen atoms in total. The fourth-order valence-corrected chi connectivity index (χ4v) is 2.51. The highest BCUT2D eigenvalue weighted by Crippen LogP contribution is 2.30. The van der Waals surface area contributed by atoms with Gasteiger partial charge in [-0.2, -0.15) is 0 Å². The molecule has 0 saturated heterocycles. The summed E-state index contributed by atoms with van der Waals surface area (Å²) >= 11 is 0. The van der Waals surface area contributed by atoms with Crippen LogP contribution in [0.25, 0.3) is 0 Å². The number of carboxylic acid groups (broad SMARTS) is 1. The average molecular weight is 262 g/mol. The lowest BCUT2D eigenvalue weighted by molar-refractivity contribution is -0.139. The third-order valence-electron chi connectivity index (χ3n) is 3.71. The molecule has 19 heavy (non-hydrogen) atoms. The maximum Gasteiger partial charge on any atom is 0.334 e. The smallest absolute Gasteiger partial charge is 0.334 e. The van der Waals surface area contributed by atoms with E-state index in [0.29, 0.717) is 31.3 Å². The van der Waals surface area contributed by atoms with Gasteiger partial charge >= 0.3 is 11.9 Å². The van der Waals surface area contributed by atoms with Gasteiger partial charge in [-0.15, -0.1) is 0 Å². The number of carbonyl (C=O) groups excluding carboxylic acids is 1. The minimum atomic E-state index is -0.964. The number of carboxylic acids is 1. The highest BCUT2D eigenvalue weighted by Gasteiger charge is 2.28. The molecule has 2 bridgehead atoms. The Morgan fingerprint density at radius 1 is 1.53 bits per heavy atom. The molecule has 1 heterocycles. The van der Waals surface area contributed by atoms with Crippen molar-refractivity contribution in [2.45, 2.75) is 38.7 Å². The maximum absolute atomic E-state index is 11.7. The van der Waals surface area contributed by atoms with Gasteiger partial charge in [-0.05, 0) is 38.2 Å². The summed E-state index contributed by atoms with van der Waals surface area (Å²) in [5.41, 5.74) is 2.00. The summed E-state index contributed by atoms with van der Waals surface area (Å²) < 4.78 is 5.26.